The van der Waals surface area contributed by atoms with Gasteiger partial charge in [0.2, 0.25) is 0 Å². The van der Waals surface area contributed by atoms with Crippen LogP contribution in [0.2, 0.25) is 5.02 Å². The number of benzene rings is 1. The van der Waals surface area contributed by atoms with Crippen molar-refractivity contribution in [3.63, 3.8) is 0 Å². The molecule has 1 heterocycles. The number of aliphatic hydroxyl groups excluding tert-OH is 1. The fraction of sp³-hybridized carbons (Fsp3) is 0.429. The minimum atomic E-state index is -0.602. The molecule has 1 atom stereocenters. The first-order chi connectivity index (χ1) is 10.5. The molecule has 0 radical (unpaired) electrons. The summed E-state index contributed by atoms with van der Waals surface area (Å²) >= 11 is 6.20. The summed E-state index contributed by atoms with van der Waals surface area (Å²) in [5, 5.41) is 23.6. The molecular weight excluding hydrogens is 306 g/mol. The first-order valence-corrected chi connectivity index (χ1v) is 7.37. The van der Waals surface area contributed by atoms with Crippen LogP contribution in [0.4, 0.5) is 0 Å². The van der Waals surface area contributed by atoms with Crippen molar-refractivity contribution in [3.05, 3.63) is 35.1 Å². The summed E-state index contributed by atoms with van der Waals surface area (Å²) in [6, 6.07) is 4.96. The molecule has 1 aromatic carbocycles. The number of nitrogens with zero attached hydrogens (tertiary/aromatic N) is 4. The Hall–Kier alpha value is -1.99. The van der Waals surface area contributed by atoms with Crippen LogP contribution in [0.25, 0.3) is 5.69 Å². The van der Waals surface area contributed by atoms with Gasteiger partial charge < -0.3 is 10.4 Å². The molecule has 3 rings (SSSR count). The van der Waals surface area contributed by atoms with Crippen molar-refractivity contribution in [3.8, 4) is 5.69 Å². The standard InChI is InChI=1S/C14H16ClN5O2/c1-14(7-21,9-2-3-9)17-13(22)11-5-4-10(6-12(11)15)20-8-16-18-19-20/h4-6,8-9,21H,2-3,7H2,1H3,(H,17,22). The molecule has 1 aliphatic carbocycles. The number of halogens is 1. The van der Waals surface area contributed by atoms with Crippen LogP contribution in [0.1, 0.15) is 30.1 Å². The predicted octanol–water partition coefficient (Wildman–Crippen LogP) is 1.21. The molecule has 8 heteroatoms. The summed E-state index contributed by atoms with van der Waals surface area (Å²) in [5.74, 6) is 0.0254. The van der Waals surface area contributed by atoms with Crippen molar-refractivity contribution in [2.45, 2.75) is 25.3 Å². The largest absolute Gasteiger partial charge is 0.394 e. The molecule has 1 fully saturated rings. The second-order valence-electron chi connectivity index (χ2n) is 5.72. The van der Waals surface area contributed by atoms with Crippen LogP contribution in [0.15, 0.2) is 24.5 Å². The van der Waals surface area contributed by atoms with Crippen LogP contribution in [-0.2, 0) is 0 Å². The second-order valence-corrected chi connectivity index (χ2v) is 6.13. The zero-order valence-electron chi connectivity index (χ0n) is 12.0. The smallest absolute Gasteiger partial charge is 0.253 e. The van der Waals surface area contributed by atoms with E-state index in [9.17, 15) is 9.90 Å². The number of carbonyl (C=O) groups excluding carboxylic acids is 1. The third-order valence-electron chi connectivity index (χ3n) is 4.02. The van der Waals surface area contributed by atoms with Gasteiger partial charge in [0.1, 0.15) is 6.33 Å². The predicted molar refractivity (Wildman–Crippen MR) is 79.8 cm³/mol. The van der Waals surface area contributed by atoms with Crippen molar-refractivity contribution >= 4 is 17.5 Å². The van der Waals surface area contributed by atoms with Gasteiger partial charge >= 0.3 is 0 Å². The van der Waals surface area contributed by atoms with E-state index in [1.54, 1.807) is 18.2 Å². The van der Waals surface area contributed by atoms with Gasteiger partial charge in [0, 0.05) is 0 Å². The first-order valence-electron chi connectivity index (χ1n) is 7.00. The number of aliphatic hydroxyl groups is 1. The van der Waals surface area contributed by atoms with Crippen molar-refractivity contribution in [1.29, 1.82) is 0 Å². The van der Waals surface area contributed by atoms with Gasteiger partial charge in [0.15, 0.2) is 0 Å². The molecule has 1 unspecified atom stereocenters. The maximum absolute atomic E-state index is 12.4. The maximum atomic E-state index is 12.4. The van der Waals surface area contributed by atoms with E-state index in [-0.39, 0.29) is 12.5 Å². The third-order valence-corrected chi connectivity index (χ3v) is 4.33. The van der Waals surface area contributed by atoms with E-state index in [0.717, 1.165) is 12.8 Å². The lowest BCUT2D eigenvalue weighted by atomic mass is 9.96. The Balaban J connectivity index is 1.81. The number of carbonyl (C=O) groups is 1. The van der Waals surface area contributed by atoms with Crippen molar-refractivity contribution in [2.75, 3.05) is 6.61 Å². The molecule has 2 N–H and O–H groups in total. The highest BCUT2D eigenvalue weighted by Gasteiger charge is 2.42. The van der Waals surface area contributed by atoms with Crippen LogP contribution in [0, 0.1) is 5.92 Å². The number of hydrogen-bond donors (Lipinski definition) is 2. The quantitative estimate of drug-likeness (QED) is 0.863. The average molecular weight is 322 g/mol. The van der Waals surface area contributed by atoms with E-state index in [1.807, 2.05) is 6.92 Å². The van der Waals surface area contributed by atoms with Gasteiger partial charge in [-0.3, -0.25) is 4.79 Å². The van der Waals surface area contributed by atoms with Crippen molar-refractivity contribution < 1.29 is 9.90 Å². The molecule has 2 aromatic rings. The van der Waals surface area contributed by atoms with Gasteiger partial charge in [-0.05, 0) is 54.3 Å². The first kappa shape index (κ1) is 14.9. The Labute approximate surface area is 132 Å². The molecule has 1 amide bonds. The van der Waals surface area contributed by atoms with Gasteiger partial charge in [-0.25, -0.2) is 4.68 Å². The highest BCUT2D eigenvalue weighted by molar-refractivity contribution is 6.34. The third kappa shape index (κ3) is 2.82. The van der Waals surface area contributed by atoms with Crippen LogP contribution in [-0.4, -0.2) is 43.4 Å². The Morgan fingerprint density at radius 3 is 2.86 bits per heavy atom. The van der Waals surface area contributed by atoms with E-state index in [0.29, 0.717) is 22.2 Å². The number of tetrazole rings is 1. The van der Waals surface area contributed by atoms with Crippen molar-refractivity contribution in [1.82, 2.24) is 25.5 Å². The van der Waals surface area contributed by atoms with E-state index < -0.39 is 5.54 Å². The second kappa shape index (κ2) is 5.66. The molecule has 0 aliphatic heterocycles. The lowest BCUT2D eigenvalue weighted by molar-refractivity contribution is 0.0824. The van der Waals surface area contributed by atoms with Gasteiger partial charge in [-0.15, -0.1) is 5.10 Å². The Morgan fingerprint density at radius 2 is 2.32 bits per heavy atom. The lowest BCUT2D eigenvalue weighted by Crippen LogP contribution is -2.50. The molecule has 1 aromatic heterocycles. The van der Waals surface area contributed by atoms with Gasteiger partial charge in [-0.2, -0.15) is 0 Å². The summed E-state index contributed by atoms with van der Waals surface area (Å²) < 4.78 is 1.45. The minimum absolute atomic E-state index is 0.0935. The fourth-order valence-electron chi connectivity index (χ4n) is 2.43. The summed E-state index contributed by atoms with van der Waals surface area (Å²) in [6.45, 7) is 1.76. The average Bonchev–Trinajstić information content (AvgIpc) is 3.23. The lowest BCUT2D eigenvalue weighted by Gasteiger charge is -2.29. The zero-order valence-corrected chi connectivity index (χ0v) is 12.8. The van der Waals surface area contributed by atoms with E-state index in [1.165, 1.54) is 11.0 Å². The normalized spacial score (nSPS) is 17.0. The number of amides is 1. The molecule has 116 valence electrons. The van der Waals surface area contributed by atoms with Gasteiger partial charge in [0.05, 0.1) is 28.4 Å². The molecule has 1 aliphatic rings. The fourth-order valence-corrected chi connectivity index (χ4v) is 2.69. The topological polar surface area (TPSA) is 92.9 Å². The monoisotopic (exact) mass is 321 g/mol. The summed E-state index contributed by atoms with van der Waals surface area (Å²) in [7, 11) is 0. The molecule has 0 spiro atoms. The minimum Gasteiger partial charge on any atom is -0.394 e. The van der Waals surface area contributed by atoms with Gasteiger partial charge in [-0.1, -0.05) is 11.6 Å². The van der Waals surface area contributed by atoms with E-state index >= 15 is 0 Å². The highest BCUT2D eigenvalue weighted by atomic mass is 35.5. The SMILES string of the molecule is CC(CO)(NC(=O)c1ccc(-n2cnnn2)cc1Cl)C1CC1. The van der Waals surface area contributed by atoms with E-state index in [4.69, 9.17) is 11.6 Å². The Morgan fingerprint density at radius 1 is 1.55 bits per heavy atom. The number of rotatable bonds is 5. The van der Waals surface area contributed by atoms with Crippen LogP contribution >= 0.6 is 11.6 Å². The summed E-state index contributed by atoms with van der Waals surface area (Å²) in [4.78, 5) is 12.4. The van der Waals surface area contributed by atoms with Crippen LogP contribution in [0.3, 0.4) is 0 Å². The van der Waals surface area contributed by atoms with Gasteiger partial charge in [0.25, 0.3) is 5.91 Å². The molecule has 1 saturated carbocycles. The molecule has 0 bridgehead atoms. The molecular formula is C14H16ClN5O2. The number of hydrogen-bond acceptors (Lipinski definition) is 5. The highest BCUT2D eigenvalue weighted by Crippen LogP contribution is 2.39. The zero-order chi connectivity index (χ0) is 15.7. The molecule has 22 heavy (non-hydrogen) atoms. The Kier molecular flexibility index (Phi) is 3.84. The number of aromatic nitrogens is 4. The van der Waals surface area contributed by atoms with Crippen LogP contribution in [0.5, 0.6) is 0 Å². The molecule has 7 nitrogen and oxygen atoms in total. The van der Waals surface area contributed by atoms with E-state index in [2.05, 4.69) is 20.8 Å². The van der Waals surface area contributed by atoms with Crippen LogP contribution < -0.4 is 5.32 Å². The van der Waals surface area contributed by atoms with Crippen molar-refractivity contribution in [2.24, 2.45) is 5.92 Å². The summed E-state index contributed by atoms with van der Waals surface area (Å²) in [6.07, 6.45) is 3.48. The Bertz CT molecular complexity index is 687. The number of nitrogens with one attached hydrogen (secondary N) is 1. The maximum Gasteiger partial charge on any atom is 0.253 e. The molecule has 0 saturated heterocycles. The summed E-state index contributed by atoms with van der Waals surface area (Å²) in [5.41, 5.74) is 0.423.